The van der Waals surface area contributed by atoms with Crippen molar-refractivity contribution in [2.24, 2.45) is 0 Å². The lowest BCUT2D eigenvalue weighted by atomic mass is 10.3. The quantitative estimate of drug-likeness (QED) is 0.761. The van der Waals surface area contributed by atoms with Crippen LogP contribution in [0.2, 0.25) is 0 Å². The number of ether oxygens (including phenoxy) is 1. The van der Waals surface area contributed by atoms with Crippen LogP contribution in [0.3, 0.4) is 0 Å². The molecular weight excluding hydrogens is 297 g/mol. The van der Waals surface area contributed by atoms with E-state index in [4.69, 9.17) is 4.74 Å². The highest BCUT2D eigenvalue weighted by Gasteiger charge is 2.22. The summed E-state index contributed by atoms with van der Waals surface area (Å²) < 4.78 is 5.27. The van der Waals surface area contributed by atoms with E-state index < -0.39 is 0 Å². The van der Waals surface area contributed by atoms with Crippen LogP contribution in [0.25, 0.3) is 0 Å². The van der Waals surface area contributed by atoms with Crippen molar-refractivity contribution in [1.29, 1.82) is 0 Å². The third-order valence-electron chi connectivity index (χ3n) is 2.86. The molecule has 1 unspecified atom stereocenters. The van der Waals surface area contributed by atoms with Crippen LogP contribution in [0.4, 0.5) is 0 Å². The van der Waals surface area contributed by atoms with E-state index in [2.05, 4.69) is 15.5 Å². The minimum absolute atomic E-state index is 0. The summed E-state index contributed by atoms with van der Waals surface area (Å²) in [7, 11) is 0. The van der Waals surface area contributed by atoms with Gasteiger partial charge in [-0.3, -0.25) is 15.0 Å². The van der Waals surface area contributed by atoms with E-state index in [9.17, 15) is 4.79 Å². The summed E-state index contributed by atoms with van der Waals surface area (Å²) in [5.74, 6) is 1.92. The Kier molecular flexibility index (Phi) is 10.3. The second-order valence-corrected chi connectivity index (χ2v) is 5.05. The van der Waals surface area contributed by atoms with Gasteiger partial charge >= 0.3 is 0 Å². The Morgan fingerprint density at radius 2 is 2.11 bits per heavy atom. The van der Waals surface area contributed by atoms with Gasteiger partial charge < -0.3 is 10.1 Å². The van der Waals surface area contributed by atoms with Gasteiger partial charge in [0.2, 0.25) is 5.91 Å². The Hall–Kier alpha value is 0.280. The number of carbonyl (C=O) groups is 1. The van der Waals surface area contributed by atoms with E-state index in [1.54, 1.807) is 11.8 Å². The molecular formula is C10H21Cl2N3O2S. The number of hydrogen-bond acceptors (Lipinski definition) is 5. The topological polar surface area (TPSA) is 53.6 Å². The Morgan fingerprint density at radius 3 is 2.72 bits per heavy atom. The highest BCUT2D eigenvalue weighted by molar-refractivity contribution is 7.99. The molecule has 5 nitrogen and oxygen atoms in total. The van der Waals surface area contributed by atoms with Gasteiger partial charge in [-0.15, -0.1) is 36.6 Å². The molecule has 0 spiro atoms. The molecule has 0 radical (unpaired) electrons. The molecule has 2 saturated heterocycles. The SMILES string of the molecule is Cl.Cl.O=C(NCCN1CCOCC1)C1CSCN1. The number of amides is 1. The maximum atomic E-state index is 11.7. The highest BCUT2D eigenvalue weighted by atomic mass is 35.5. The summed E-state index contributed by atoms with van der Waals surface area (Å²) in [5.41, 5.74) is 0. The normalized spacial score (nSPS) is 23.9. The van der Waals surface area contributed by atoms with E-state index in [1.165, 1.54) is 0 Å². The monoisotopic (exact) mass is 317 g/mol. The first-order chi connectivity index (χ1) is 7.86. The molecule has 2 aliphatic heterocycles. The van der Waals surface area contributed by atoms with Gasteiger partial charge in [-0.25, -0.2) is 0 Å². The third-order valence-corrected chi connectivity index (χ3v) is 3.80. The first-order valence-electron chi connectivity index (χ1n) is 5.75. The van der Waals surface area contributed by atoms with Gasteiger partial charge in [0.25, 0.3) is 0 Å². The van der Waals surface area contributed by atoms with Crippen LogP contribution in [0, 0.1) is 0 Å². The van der Waals surface area contributed by atoms with E-state index in [1.807, 2.05) is 0 Å². The number of halogens is 2. The molecule has 0 aromatic rings. The number of carbonyl (C=O) groups excluding carboxylic acids is 1. The molecule has 0 saturated carbocycles. The predicted octanol–water partition coefficient (Wildman–Crippen LogP) is -0.0591. The Labute approximate surface area is 125 Å². The summed E-state index contributed by atoms with van der Waals surface area (Å²) in [6.45, 7) is 5.25. The summed E-state index contributed by atoms with van der Waals surface area (Å²) >= 11 is 1.77. The van der Waals surface area contributed by atoms with Crippen molar-refractivity contribution >= 4 is 42.5 Å². The van der Waals surface area contributed by atoms with Crippen LogP contribution in [0.1, 0.15) is 0 Å². The molecule has 1 atom stereocenters. The number of nitrogens with one attached hydrogen (secondary N) is 2. The molecule has 2 rings (SSSR count). The second kappa shape index (κ2) is 10.1. The van der Waals surface area contributed by atoms with Gasteiger partial charge in [0, 0.05) is 37.8 Å². The van der Waals surface area contributed by atoms with Gasteiger partial charge in [-0.05, 0) is 0 Å². The minimum atomic E-state index is 0. The summed E-state index contributed by atoms with van der Waals surface area (Å²) in [6.07, 6.45) is 0. The smallest absolute Gasteiger partial charge is 0.238 e. The molecule has 2 N–H and O–H groups in total. The van der Waals surface area contributed by atoms with Gasteiger partial charge in [0.05, 0.1) is 19.3 Å². The molecule has 108 valence electrons. The molecule has 2 heterocycles. The lowest BCUT2D eigenvalue weighted by Crippen LogP contribution is -2.46. The lowest BCUT2D eigenvalue weighted by Gasteiger charge is -2.26. The highest BCUT2D eigenvalue weighted by Crippen LogP contribution is 2.09. The van der Waals surface area contributed by atoms with Gasteiger partial charge in [0.15, 0.2) is 0 Å². The van der Waals surface area contributed by atoms with Crippen molar-refractivity contribution in [3.8, 4) is 0 Å². The minimum Gasteiger partial charge on any atom is -0.379 e. The zero-order valence-corrected chi connectivity index (χ0v) is 12.7. The standard InChI is InChI=1S/C10H19N3O2S.2ClH/c14-10(9-7-16-8-12-9)11-1-2-13-3-5-15-6-4-13;;/h9,12H,1-8H2,(H,11,14);2*1H. The van der Waals surface area contributed by atoms with E-state index in [0.29, 0.717) is 0 Å². The van der Waals surface area contributed by atoms with Crippen LogP contribution >= 0.6 is 36.6 Å². The maximum Gasteiger partial charge on any atom is 0.238 e. The molecule has 0 aromatic heterocycles. The number of rotatable bonds is 4. The van der Waals surface area contributed by atoms with Crippen molar-refractivity contribution in [3.63, 3.8) is 0 Å². The fourth-order valence-electron chi connectivity index (χ4n) is 1.85. The summed E-state index contributed by atoms with van der Waals surface area (Å²) in [6, 6.07) is 0.00897. The Balaban J connectivity index is 0.00000144. The number of thioether (sulfide) groups is 1. The Bertz CT molecular complexity index is 237. The zero-order valence-electron chi connectivity index (χ0n) is 10.2. The van der Waals surface area contributed by atoms with Crippen molar-refractivity contribution in [3.05, 3.63) is 0 Å². The van der Waals surface area contributed by atoms with Gasteiger partial charge in [-0.1, -0.05) is 0 Å². The fraction of sp³-hybridized carbons (Fsp3) is 0.900. The van der Waals surface area contributed by atoms with E-state index in [-0.39, 0.29) is 36.8 Å². The molecule has 8 heteroatoms. The largest absolute Gasteiger partial charge is 0.379 e. The second-order valence-electron chi connectivity index (χ2n) is 4.02. The van der Waals surface area contributed by atoms with Crippen molar-refractivity contribution < 1.29 is 9.53 Å². The molecule has 0 aromatic carbocycles. The number of morpholine rings is 1. The van der Waals surface area contributed by atoms with Crippen LogP contribution in [-0.2, 0) is 9.53 Å². The molecule has 2 aliphatic rings. The van der Waals surface area contributed by atoms with Gasteiger partial charge in [-0.2, -0.15) is 0 Å². The van der Waals surface area contributed by atoms with Crippen LogP contribution in [0.5, 0.6) is 0 Å². The molecule has 1 amide bonds. The van der Waals surface area contributed by atoms with E-state index >= 15 is 0 Å². The third kappa shape index (κ3) is 5.95. The summed E-state index contributed by atoms with van der Waals surface area (Å²) in [5, 5.41) is 6.14. The first-order valence-corrected chi connectivity index (χ1v) is 6.90. The summed E-state index contributed by atoms with van der Waals surface area (Å²) in [4.78, 5) is 14.0. The molecule has 2 fully saturated rings. The van der Waals surface area contributed by atoms with E-state index in [0.717, 1.165) is 51.0 Å². The maximum absolute atomic E-state index is 11.7. The molecule has 0 aliphatic carbocycles. The lowest BCUT2D eigenvalue weighted by molar-refractivity contribution is -0.122. The van der Waals surface area contributed by atoms with Crippen LogP contribution in [0.15, 0.2) is 0 Å². The Morgan fingerprint density at radius 1 is 1.39 bits per heavy atom. The van der Waals surface area contributed by atoms with Crippen molar-refractivity contribution in [1.82, 2.24) is 15.5 Å². The van der Waals surface area contributed by atoms with Crippen molar-refractivity contribution in [2.75, 3.05) is 51.0 Å². The van der Waals surface area contributed by atoms with Crippen molar-refractivity contribution in [2.45, 2.75) is 6.04 Å². The molecule has 18 heavy (non-hydrogen) atoms. The van der Waals surface area contributed by atoms with Crippen LogP contribution < -0.4 is 10.6 Å². The molecule has 0 bridgehead atoms. The fourth-order valence-corrected chi connectivity index (χ4v) is 2.79. The zero-order chi connectivity index (χ0) is 11.2. The number of nitrogens with zero attached hydrogens (tertiary/aromatic N) is 1. The first kappa shape index (κ1) is 18.3. The average Bonchev–Trinajstić information content (AvgIpc) is 2.84. The van der Waals surface area contributed by atoms with Gasteiger partial charge in [0.1, 0.15) is 0 Å². The van der Waals surface area contributed by atoms with Crippen LogP contribution in [-0.4, -0.2) is 67.9 Å². The number of hydrogen-bond donors (Lipinski definition) is 2. The predicted molar refractivity (Wildman–Crippen MR) is 79.0 cm³/mol. The average molecular weight is 318 g/mol.